The van der Waals surface area contributed by atoms with Gasteiger partial charge in [0.2, 0.25) is 0 Å². The molecule has 0 spiro atoms. The molecule has 0 aliphatic rings. The van der Waals surface area contributed by atoms with Crippen LogP contribution in [0.2, 0.25) is 0 Å². The zero-order valence-electron chi connectivity index (χ0n) is 7.89. The number of halogens is 2. The molecule has 0 rings (SSSR count). The summed E-state index contributed by atoms with van der Waals surface area (Å²) in [7, 11) is 0. The van der Waals surface area contributed by atoms with E-state index in [4.69, 9.17) is 5.73 Å². The van der Waals surface area contributed by atoms with Gasteiger partial charge in [-0.1, -0.05) is 32.3 Å². The van der Waals surface area contributed by atoms with Gasteiger partial charge >= 0.3 is 5.92 Å². The molecule has 0 aromatic carbocycles. The van der Waals surface area contributed by atoms with Gasteiger partial charge in [0.25, 0.3) is 0 Å². The quantitative estimate of drug-likeness (QED) is 0.451. The molecule has 0 aliphatic heterocycles. The molecule has 0 saturated heterocycles. The largest absolute Gasteiger partial charge is 0.388 e. The molecule has 0 amide bonds. The van der Waals surface area contributed by atoms with Crippen LogP contribution in [0.5, 0.6) is 0 Å². The maximum Gasteiger partial charge on any atom is 0.301 e. The average molecular weight is 234 g/mol. The van der Waals surface area contributed by atoms with Crippen molar-refractivity contribution < 1.29 is 8.78 Å². The molecule has 2 N–H and O–H groups in total. The Morgan fingerprint density at radius 2 is 2.07 bits per heavy atom. The normalized spacial score (nSPS) is 12.2. The fourth-order valence-corrected chi connectivity index (χ4v) is 0.848. The summed E-state index contributed by atoms with van der Waals surface area (Å²) >= 11 is 4.25. The van der Waals surface area contributed by atoms with Crippen LogP contribution in [-0.4, -0.2) is 17.6 Å². The molecule has 0 aliphatic carbocycles. The van der Waals surface area contributed by atoms with Gasteiger partial charge in [-0.3, -0.25) is 4.99 Å². The van der Waals surface area contributed by atoms with E-state index < -0.39 is 17.3 Å². The van der Waals surface area contributed by atoms with E-state index in [0.717, 1.165) is 0 Å². The van der Waals surface area contributed by atoms with Crippen LogP contribution in [0.25, 0.3) is 0 Å². The summed E-state index contributed by atoms with van der Waals surface area (Å²) in [4.78, 5) is 2.72. The minimum Gasteiger partial charge on any atom is -0.388 e. The van der Waals surface area contributed by atoms with Gasteiger partial charge in [0.15, 0.2) is 0 Å². The summed E-state index contributed by atoms with van der Waals surface area (Å²) in [6, 6.07) is 0. The molecule has 0 bridgehead atoms. The van der Waals surface area contributed by atoms with E-state index in [-0.39, 0.29) is 13.0 Å². The van der Waals surface area contributed by atoms with Crippen LogP contribution < -0.4 is 5.73 Å². The first-order valence-corrected chi connectivity index (χ1v) is 4.22. The van der Waals surface area contributed by atoms with E-state index in [0.29, 0.717) is 5.70 Å². The van der Waals surface area contributed by atoms with Crippen molar-refractivity contribution in [2.24, 2.45) is 10.7 Å². The Labute approximate surface area is 94.6 Å². The lowest BCUT2D eigenvalue weighted by atomic mass is 10.1. The summed E-state index contributed by atoms with van der Waals surface area (Å²) in [5, 5.41) is 0. The molecular formula is C10H16F2N2S. The zero-order valence-corrected chi connectivity index (χ0v) is 8.70. The van der Waals surface area contributed by atoms with E-state index in [1.54, 1.807) is 6.92 Å². The first kappa shape index (κ1) is 16.3. The van der Waals surface area contributed by atoms with Crippen molar-refractivity contribution in [3.8, 4) is 0 Å². The number of nitrogens with two attached hydrogens (primary N) is 1. The maximum absolute atomic E-state index is 13.1. The fourth-order valence-electron chi connectivity index (χ4n) is 0.776. The van der Waals surface area contributed by atoms with Crippen LogP contribution in [0, 0.1) is 0 Å². The highest BCUT2D eigenvalue weighted by atomic mass is 32.1. The predicted molar refractivity (Wildman–Crippen MR) is 65.5 cm³/mol. The highest BCUT2D eigenvalue weighted by Gasteiger charge is 2.33. The molecule has 86 valence electrons. The standard InChI is InChI=1S/C9H12F2N2S.CH4/c1-4-7(6(2)13-3)5-9(10,11)8(12)14;/h4H,1,3,5H2,2H3,(H2,12,14);1H4/b7-6+;. The van der Waals surface area contributed by atoms with E-state index in [1.807, 2.05) is 0 Å². The van der Waals surface area contributed by atoms with Gasteiger partial charge in [-0.05, 0) is 19.2 Å². The molecule has 0 aromatic rings. The first-order valence-electron chi connectivity index (χ1n) is 3.81. The van der Waals surface area contributed by atoms with Crippen LogP contribution in [-0.2, 0) is 0 Å². The van der Waals surface area contributed by atoms with Crippen molar-refractivity contribution in [2.75, 3.05) is 0 Å². The molecule has 0 aromatic heterocycles. The first-order chi connectivity index (χ1) is 6.35. The second-order valence-corrected chi connectivity index (χ2v) is 3.16. The van der Waals surface area contributed by atoms with E-state index in [1.165, 1.54) is 6.08 Å². The third kappa shape index (κ3) is 4.78. The predicted octanol–water partition coefficient (Wildman–Crippen LogP) is 3.09. The SMILES string of the molecule is C.C=C/C(CC(F)(F)C(N)=S)=C(/C)N=C. The van der Waals surface area contributed by atoms with Gasteiger partial charge < -0.3 is 5.73 Å². The molecular weight excluding hydrogens is 218 g/mol. The molecule has 2 nitrogen and oxygen atoms in total. The van der Waals surface area contributed by atoms with Crippen LogP contribution in [0.3, 0.4) is 0 Å². The van der Waals surface area contributed by atoms with Crippen molar-refractivity contribution in [3.05, 3.63) is 23.9 Å². The monoisotopic (exact) mass is 234 g/mol. The number of nitrogens with zero attached hydrogens (tertiary/aromatic N) is 1. The van der Waals surface area contributed by atoms with Gasteiger partial charge in [0.05, 0.1) is 0 Å². The van der Waals surface area contributed by atoms with E-state index in [9.17, 15) is 8.78 Å². The molecule has 0 unspecified atom stereocenters. The topological polar surface area (TPSA) is 38.4 Å². The van der Waals surface area contributed by atoms with Crippen LogP contribution >= 0.6 is 12.2 Å². The molecule has 0 radical (unpaired) electrons. The lowest BCUT2D eigenvalue weighted by Crippen LogP contribution is -2.34. The molecule has 15 heavy (non-hydrogen) atoms. The Morgan fingerprint density at radius 3 is 2.33 bits per heavy atom. The van der Waals surface area contributed by atoms with Crippen molar-refractivity contribution >= 4 is 23.9 Å². The number of alkyl halides is 2. The van der Waals surface area contributed by atoms with Crippen LogP contribution in [0.1, 0.15) is 20.8 Å². The van der Waals surface area contributed by atoms with Gasteiger partial charge in [0.1, 0.15) is 4.99 Å². The van der Waals surface area contributed by atoms with E-state index >= 15 is 0 Å². The molecule has 0 atom stereocenters. The van der Waals surface area contributed by atoms with Crippen molar-refractivity contribution in [1.29, 1.82) is 0 Å². The van der Waals surface area contributed by atoms with Crippen molar-refractivity contribution in [3.63, 3.8) is 0 Å². The van der Waals surface area contributed by atoms with Crippen molar-refractivity contribution in [1.82, 2.24) is 0 Å². The lowest BCUT2D eigenvalue weighted by Gasteiger charge is -2.15. The molecule has 0 saturated carbocycles. The Bertz CT molecular complexity index is 296. The Morgan fingerprint density at radius 1 is 1.60 bits per heavy atom. The Hall–Kier alpha value is -1.10. The second-order valence-electron chi connectivity index (χ2n) is 2.72. The number of allylic oxidation sites excluding steroid dienone is 3. The lowest BCUT2D eigenvalue weighted by molar-refractivity contribution is 0.0807. The van der Waals surface area contributed by atoms with Gasteiger partial charge in [-0.15, -0.1) is 0 Å². The summed E-state index contributed by atoms with van der Waals surface area (Å²) < 4.78 is 26.1. The zero-order chi connectivity index (χ0) is 11.4. The molecule has 0 heterocycles. The summed E-state index contributed by atoms with van der Waals surface area (Å²) in [5.41, 5.74) is 5.58. The maximum atomic E-state index is 13.1. The average Bonchev–Trinajstić information content (AvgIpc) is 2.12. The van der Waals surface area contributed by atoms with Crippen LogP contribution in [0.4, 0.5) is 8.78 Å². The number of hydrogen-bond donors (Lipinski definition) is 1. The third-order valence-corrected chi connectivity index (χ3v) is 2.02. The van der Waals surface area contributed by atoms with Gasteiger partial charge in [0, 0.05) is 12.1 Å². The van der Waals surface area contributed by atoms with Gasteiger partial charge in [-0.25, -0.2) is 0 Å². The number of rotatable bonds is 5. The smallest absolute Gasteiger partial charge is 0.301 e. The Kier molecular flexibility index (Phi) is 6.96. The number of thiocarbonyl (C=S) groups is 1. The Balaban J connectivity index is 0. The highest BCUT2D eigenvalue weighted by molar-refractivity contribution is 7.80. The van der Waals surface area contributed by atoms with E-state index in [2.05, 4.69) is 30.5 Å². The highest BCUT2D eigenvalue weighted by Crippen LogP contribution is 2.26. The summed E-state index contributed by atoms with van der Waals surface area (Å²) in [6.45, 7) is 8.22. The minimum atomic E-state index is -3.20. The summed E-state index contributed by atoms with van der Waals surface area (Å²) in [6.07, 6.45) is 0.715. The number of hydrogen-bond acceptors (Lipinski definition) is 2. The molecule has 5 heteroatoms. The van der Waals surface area contributed by atoms with Gasteiger partial charge in [-0.2, -0.15) is 8.78 Å². The summed E-state index contributed by atoms with van der Waals surface area (Å²) in [5.74, 6) is -3.20. The fraction of sp³-hybridized carbons (Fsp3) is 0.400. The molecule has 0 fully saturated rings. The second kappa shape index (κ2) is 6.40. The number of aliphatic imine (C=N–C) groups is 1. The third-order valence-electron chi connectivity index (χ3n) is 1.72. The minimum absolute atomic E-state index is 0. The van der Waals surface area contributed by atoms with Crippen molar-refractivity contribution in [2.45, 2.75) is 26.7 Å². The van der Waals surface area contributed by atoms with Crippen LogP contribution in [0.15, 0.2) is 28.9 Å².